The zero-order valence-corrected chi connectivity index (χ0v) is 27.4. The summed E-state index contributed by atoms with van der Waals surface area (Å²) in [6.45, 7) is 0. The highest BCUT2D eigenvalue weighted by Gasteiger charge is 2.22. The van der Waals surface area contributed by atoms with Crippen molar-refractivity contribution < 1.29 is 22.5 Å². The fourth-order valence-corrected chi connectivity index (χ4v) is 8.16. The van der Waals surface area contributed by atoms with Crippen molar-refractivity contribution in [3.8, 4) is 28.7 Å². The van der Waals surface area contributed by atoms with Crippen molar-refractivity contribution in [2.45, 2.75) is 0 Å². The van der Waals surface area contributed by atoms with E-state index in [0.29, 0.717) is 33.5 Å². The van der Waals surface area contributed by atoms with E-state index >= 15 is 0 Å². The molecular weight excluding hydrogens is 661 g/mol. The maximum Gasteiger partial charge on any atom is 0.238 e. The molecule has 0 atom stereocenters. The monoisotopic (exact) mass is 694 g/mol. The molecule has 5 aromatic heterocycles. The summed E-state index contributed by atoms with van der Waals surface area (Å²) >= 11 is 0.940. The first kappa shape index (κ1) is 20.1. The number of fused-ring (bicyclic) bond motifs is 12. The minimum Gasteiger partial charge on any atom is -0.456 e. The van der Waals surface area contributed by atoms with Gasteiger partial charge in [0.15, 0.2) is 11.6 Å². The van der Waals surface area contributed by atoms with E-state index in [4.69, 9.17) is 32.0 Å². The van der Waals surface area contributed by atoms with Gasteiger partial charge >= 0.3 is 0 Å². The summed E-state index contributed by atoms with van der Waals surface area (Å²) < 4.78 is 104. The molecule has 6 nitrogen and oxygen atoms in total. The molecule has 0 unspecified atom stereocenters. The van der Waals surface area contributed by atoms with Gasteiger partial charge in [-0.05, 0) is 54.5 Å². The molecule has 0 saturated heterocycles. The molecule has 242 valence electrons. The highest BCUT2D eigenvalue weighted by molar-refractivity contribution is 7.25. The van der Waals surface area contributed by atoms with Crippen molar-refractivity contribution in [3.63, 3.8) is 0 Å². The molecule has 12 aromatic rings. The van der Waals surface area contributed by atoms with Crippen molar-refractivity contribution in [1.29, 1.82) is 0 Å². The Morgan fingerprint density at radius 1 is 0.519 bits per heavy atom. The van der Waals surface area contributed by atoms with Gasteiger partial charge < -0.3 is 8.83 Å². The molecule has 12 rings (SSSR count). The molecule has 0 bridgehead atoms. The minimum atomic E-state index is -0.558. The van der Waals surface area contributed by atoms with E-state index in [1.54, 1.807) is 0 Å². The average molecular weight is 695 g/mol. The Morgan fingerprint density at radius 2 is 1.25 bits per heavy atom. The summed E-state index contributed by atoms with van der Waals surface area (Å²) in [7, 11) is 0. The van der Waals surface area contributed by atoms with Gasteiger partial charge in [-0.3, -0.25) is 4.57 Å². The Morgan fingerprint density at radius 3 is 2.15 bits per heavy atom. The summed E-state index contributed by atoms with van der Waals surface area (Å²) in [5.74, 6) is 0.199. The van der Waals surface area contributed by atoms with Crippen LogP contribution >= 0.6 is 11.3 Å². The highest BCUT2D eigenvalue weighted by atomic mass is 32.1. The van der Waals surface area contributed by atoms with Crippen LogP contribution in [0.5, 0.6) is 0 Å². The highest BCUT2D eigenvalue weighted by Crippen LogP contribution is 2.41. The fourth-order valence-electron chi connectivity index (χ4n) is 7.20. The van der Waals surface area contributed by atoms with Crippen LogP contribution in [-0.2, 0) is 0 Å². The summed E-state index contributed by atoms with van der Waals surface area (Å²) in [6, 6.07) is 22.3. The Balaban J connectivity index is 1.25. The number of nitrogens with zero attached hydrogens (tertiary/aromatic N) is 4. The van der Waals surface area contributed by atoms with E-state index in [1.165, 1.54) is 4.57 Å². The van der Waals surface area contributed by atoms with Gasteiger partial charge in [0.2, 0.25) is 5.95 Å². The predicted octanol–water partition coefficient (Wildman–Crippen LogP) is 12.5. The minimum absolute atomic E-state index is 0.0101. The number of furan rings is 2. The molecule has 52 heavy (non-hydrogen) atoms. The van der Waals surface area contributed by atoms with Crippen LogP contribution in [0.3, 0.4) is 0 Å². The lowest BCUT2D eigenvalue weighted by Crippen LogP contribution is -2.06. The van der Waals surface area contributed by atoms with E-state index in [-0.39, 0.29) is 83.7 Å². The first-order valence-corrected chi connectivity index (χ1v) is 17.2. The Bertz CT molecular complexity index is 4020. The van der Waals surface area contributed by atoms with Gasteiger partial charge in [-0.15, -0.1) is 11.3 Å². The fraction of sp³-hybridized carbons (Fsp3) is 0. The molecule has 0 aliphatic heterocycles. The standard InChI is InChI=1S/C45H24N4O2S/c1-5-16-35-26(10-1)33-23-34-30-13-4-8-19-40(30)52-41(34)24-36(33)49(35)45-47-43(25-20-21-29-27-11-2-6-17-37(27)50-39(29)22-25)46-44(48-45)32-15-9-14-31-28-12-3-7-18-38(28)51-42(31)32/h1-24H/i1D,4D,5D,8D,10D,13D,16D,19D,23D,24D. The summed E-state index contributed by atoms with van der Waals surface area (Å²) in [5, 5.41) is 3.53. The SMILES string of the molecule is [2H]c1c([2H])c([2H])c2c(sc3c([2H])c4c(c([2H])c32)c2c([2H])c([2H])c([2H])c([2H])c2n4-c2nc(-c3ccc4c(c3)oc3ccccc34)nc(-c3cccc4c3oc3ccccc34)n2)c1[2H]. The lowest BCUT2D eigenvalue weighted by atomic mass is 10.1. The van der Waals surface area contributed by atoms with E-state index in [9.17, 15) is 5.48 Å². The van der Waals surface area contributed by atoms with Crippen molar-refractivity contribution in [3.05, 3.63) is 145 Å². The molecule has 0 N–H and O–H groups in total. The molecule has 0 fully saturated rings. The van der Waals surface area contributed by atoms with E-state index in [0.717, 1.165) is 32.9 Å². The van der Waals surface area contributed by atoms with Gasteiger partial charge in [0.25, 0.3) is 0 Å². The second-order valence-corrected chi connectivity index (χ2v) is 13.4. The quantitative estimate of drug-likeness (QED) is 0.184. The largest absolute Gasteiger partial charge is 0.456 e. The molecule has 0 spiro atoms. The number of rotatable bonds is 3. The van der Waals surface area contributed by atoms with E-state index in [2.05, 4.69) is 0 Å². The summed E-state index contributed by atoms with van der Waals surface area (Å²) in [6.07, 6.45) is 0. The van der Waals surface area contributed by atoms with Crippen molar-refractivity contribution in [2.75, 3.05) is 0 Å². The van der Waals surface area contributed by atoms with Gasteiger partial charge in [-0.25, -0.2) is 4.98 Å². The zero-order chi connectivity index (χ0) is 42.6. The van der Waals surface area contributed by atoms with Crippen LogP contribution in [0.2, 0.25) is 0 Å². The smallest absolute Gasteiger partial charge is 0.238 e. The summed E-state index contributed by atoms with van der Waals surface area (Å²) in [5.41, 5.74) is 3.35. The Hall–Kier alpha value is -6.83. The van der Waals surface area contributed by atoms with Crippen LogP contribution in [0.15, 0.2) is 154 Å². The number of para-hydroxylation sites is 4. The van der Waals surface area contributed by atoms with Crippen LogP contribution in [0.4, 0.5) is 0 Å². The maximum absolute atomic E-state index is 9.80. The first-order chi connectivity index (χ1) is 29.9. The number of hydrogen-bond donors (Lipinski definition) is 0. The lowest BCUT2D eigenvalue weighted by Gasteiger charge is -2.11. The van der Waals surface area contributed by atoms with Gasteiger partial charge in [0.05, 0.1) is 30.3 Å². The second-order valence-electron chi connectivity index (χ2n) is 12.4. The molecule has 0 amide bonds. The number of benzene rings is 7. The molecule has 0 aliphatic rings. The van der Waals surface area contributed by atoms with Crippen LogP contribution in [0.25, 0.3) is 115 Å². The molecule has 0 radical (unpaired) electrons. The Kier molecular flexibility index (Phi) is 4.01. The van der Waals surface area contributed by atoms with Crippen LogP contribution < -0.4 is 0 Å². The van der Waals surface area contributed by atoms with Crippen LogP contribution in [0, 0.1) is 0 Å². The van der Waals surface area contributed by atoms with Crippen molar-refractivity contribution in [1.82, 2.24) is 19.5 Å². The molecular formula is C45H24N4O2S. The molecule has 5 heterocycles. The van der Waals surface area contributed by atoms with Crippen LogP contribution in [-0.4, -0.2) is 19.5 Å². The average Bonchev–Trinajstić information content (AvgIpc) is 4.07. The Labute approximate surface area is 312 Å². The number of thiophene rings is 1. The van der Waals surface area contributed by atoms with Crippen molar-refractivity contribution >= 4 is 97.2 Å². The number of hydrogen-bond acceptors (Lipinski definition) is 6. The molecule has 0 saturated carbocycles. The zero-order valence-electron chi connectivity index (χ0n) is 36.6. The lowest BCUT2D eigenvalue weighted by molar-refractivity contribution is 0.668. The molecule has 0 aliphatic carbocycles. The first-order valence-electron chi connectivity index (χ1n) is 21.4. The third kappa shape index (κ3) is 3.91. The topological polar surface area (TPSA) is 69.9 Å². The van der Waals surface area contributed by atoms with Gasteiger partial charge in [0, 0.05) is 58.1 Å². The third-order valence-corrected chi connectivity index (χ3v) is 10.5. The second kappa shape index (κ2) is 10.4. The van der Waals surface area contributed by atoms with Crippen molar-refractivity contribution in [2.24, 2.45) is 0 Å². The van der Waals surface area contributed by atoms with E-state index < -0.39 is 36.3 Å². The molecule has 7 aromatic carbocycles. The van der Waals surface area contributed by atoms with Gasteiger partial charge in [0.1, 0.15) is 22.3 Å². The van der Waals surface area contributed by atoms with Gasteiger partial charge in [-0.2, -0.15) is 9.97 Å². The predicted molar refractivity (Wildman–Crippen MR) is 212 cm³/mol. The normalized spacial score (nSPS) is 14.9. The number of aromatic nitrogens is 4. The van der Waals surface area contributed by atoms with E-state index in [1.807, 2.05) is 84.9 Å². The summed E-state index contributed by atoms with van der Waals surface area (Å²) in [4.78, 5) is 15.0. The van der Waals surface area contributed by atoms with Crippen LogP contribution in [0.1, 0.15) is 13.7 Å². The van der Waals surface area contributed by atoms with Gasteiger partial charge in [-0.1, -0.05) is 90.9 Å². The maximum atomic E-state index is 9.80. The third-order valence-electron chi connectivity index (χ3n) is 9.52. The molecule has 7 heteroatoms.